The zero-order valence-corrected chi connectivity index (χ0v) is 17.1. The summed E-state index contributed by atoms with van der Waals surface area (Å²) >= 11 is 0. The molecule has 8 nitrogen and oxygen atoms in total. The Morgan fingerprint density at radius 3 is 2.68 bits per heavy atom. The Bertz CT molecular complexity index is 1200. The number of rotatable bonds is 6. The van der Waals surface area contributed by atoms with E-state index in [9.17, 15) is 0 Å². The minimum absolute atomic E-state index is 0.0108. The first-order valence-corrected chi connectivity index (χ1v) is 10.2. The number of anilines is 2. The third-order valence-corrected chi connectivity index (χ3v) is 4.82. The van der Waals surface area contributed by atoms with Gasteiger partial charge in [-0.15, -0.1) is 5.10 Å². The zero-order chi connectivity index (χ0) is 21.2. The van der Waals surface area contributed by atoms with E-state index in [1.54, 1.807) is 0 Å². The lowest BCUT2D eigenvalue weighted by Crippen LogP contribution is -2.23. The van der Waals surface area contributed by atoms with E-state index in [2.05, 4.69) is 15.4 Å². The van der Waals surface area contributed by atoms with Gasteiger partial charge in [-0.2, -0.15) is 4.98 Å². The maximum atomic E-state index is 5.73. The standard InChI is InChI=1S/C23H23N5O3/c1-15(24)14-31-18-8-6-17(7-9-18)25-23-26-22-4-2-3-19(28(22)27-23)16-5-10-20-21(13-16)30-12-11-29-20/h2-10,13,15H,11-12,14,24H2,1H3,(H,25,27). The van der Waals surface area contributed by atoms with Gasteiger partial charge in [0.15, 0.2) is 17.1 Å². The molecule has 8 heteroatoms. The maximum Gasteiger partial charge on any atom is 0.247 e. The molecular weight excluding hydrogens is 394 g/mol. The van der Waals surface area contributed by atoms with E-state index < -0.39 is 0 Å². The molecule has 0 bridgehead atoms. The van der Waals surface area contributed by atoms with Crippen LogP contribution in [0.15, 0.2) is 60.7 Å². The Hall–Kier alpha value is -3.78. The van der Waals surface area contributed by atoms with Gasteiger partial charge in [0.2, 0.25) is 5.95 Å². The lowest BCUT2D eigenvalue weighted by molar-refractivity contribution is 0.171. The van der Waals surface area contributed by atoms with Crippen molar-refractivity contribution < 1.29 is 14.2 Å². The summed E-state index contributed by atoms with van der Waals surface area (Å²) in [4.78, 5) is 4.60. The molecule has 158 valence electrons. The summed E-state index contributed by atoms with van der Waals surface area (Å²) in [5.74, 6) is 2.78. The molecule has 1 unspecified atom stereocenters. The van der Waals surface area contributed by atoms with Crippen LogP contribution in [0.25, 0.3) is 16.9 Å². The SMILES string of the molecule is CC(N)COc1ccc(Nc2nc3cccc(-c4ccc5c(c4)OCCO5)n3n2)cc1. The summed E-state index contributed by atoms with van der Waals surface area (Å²) in [5.41, 5.74) is 9.22. The van der Waals surface area contributed by atoms with E-state index in [4.69, 9.17) is 19.9 Å². The normalized spacial score (nSPS) is 13.7. The Morgan fingerprint density at radius 2 is 1.87 bits per heavy atom. The highest BCUT2D eigenvalue weighted by atomic mass is 16.6. The average Bonchev–Trinajstić information content (AvgIpc) is 3.20. The lowest BCUT2D eigenvalue weighted by Gasteiger charge is -2.19. The quantitative estimate of drug-likeness (QED) is 0.494. The van der Waals surface area contributed by atoms with Crippen molar-refractivity contribution in [1.82, 2.24) is 14.6 Å². The third-order valence-electron chi connectivity index (χ3n) is 4.82. The number of nitrogens with two attached hydrogens (primary N) is 1. The van der Waals surface area contributed by atoms with Crippen LogP contribution in [0.4, 0.5) is 11.6 Å². The topological polar surface area (TPSA) is 95.9 Å². The largest absolute Gasteiger partial charge is 0.492 e. The van der Waals surface area contributed by atoms with E-state index in [-0.39, 0.29) is 6.04 Å². The number of benzene rings is 2. The molecule has 0 spiro atoms. The van der Waals surface area contributed by atoms with Crippen LogP contribution in [-0.2, 0) is 0 Å². The van der Waals surface area contributed by atoms with Gasteiger partial charge in [-0.1, -0.05) is 6.07 Å². The molecule has 2 aromatic heterocycles. The van der Waals surface area contributed by atoms with Crippen LogP contribution in [0.1, 0.15) is 6.92 Å². The minimum atomic E-state index is -0.0108. The van der Waals surface area contributed by atoms with E-state index in [0.29, 0.717) is 25.8 Å². The van der Waals surface area contributed by atoms with Crippen molar-refractivity contribution in [1.29, 1.82) is 0 Å². The van der Waals surface area contributed by atoms with Crippen LogP contribution in [0.2, 0.25) is 0 Å². The van der Waals surface area contributed by atoms with Crippen LogP contribution in [0.5, 0.6) is 17.2 Å². The van der Waals surface area contributed by atoms with Crippen LogP contribution in [-0.4, -0.2) is 40.5 Å². The van der Waals surface area contributed by atoms with E-state index in [1.165, 1.54) is 0 Å². The molecule has 3 N–H and O–H groups in total. The highest BCUT2D eigenvalue weighted by Gasteiger charge is 2.15. The van der Waals surface area contributed by atoms with Gasteiger partial charge in [0.25, 0.3) is 0 Å². The summed E-state index contributed by atoms with van der Waals surface area (Å²) in [5, 5.41) is 7.90. The number of hydrogen-bond donors (Lipinski definition) is 2. The second-order valence-corrected chi connectivity index (χ2v) is 7.41. The Balaban J connectivity index is 1.40. The smallest absolute Gasteiger partial charge is 0.247 e. The van der Waals surface area contributed by atoms with Gasteiger partial charge in [-0.05, 0) is 61.5 Å². The molecule has 0 fully saturated rings. The van der Waals surface area contributed by atoms with Crippen molar-refractivity contribution in [3.63, 3.8) is 0 Å². The van der Waals surface area contributed by atoms with Crippen molar-refractivity contribution in [3.8, 4) is 28.5 Å². The predicted octanol–water partition coefficient (Wildman–Crippen LogP) is 3.64. The third kappa shape index (κ3) is 4.10. The molecule has 0 saturated carbocycles. The van der Waals surface area contributed by atoms with E-state index >= 15 is 0 Å². The Labute approximate surface area is 179 Å². The first-order chi connectivity index (χ1) is 15.2. The number of nitrogens with one attached hydrogen (secondary N) is 1. The second kappa shape index (κ2) is 8.16. The maximum absolute atomic E-state index is 5.73. The highest BCUT2D eigenvalue weighted by molar-refractivity contribution is 5.68. The van der Waals surface area contributed by atoms with Crippen LogP contribution < -0.4 is 25.3 Å². The molecule has 1 atom stereocenters. The molecule has 3 heterocycles. The van der Waals surface area contributed by atoms with Crippen LogP contribution in [0, 0.1) is 0 Å². The van der Waals surface area contributed by atoms with Crippen molar-refractivity contribution in [2.45, 2.75) is 13.0 Å². The Kier molecular flexibility index (Phi) is 5.05. The first kappa shape index (κ1) is 19.2. The number of hydrogen-bond acceptors (Lipinski definition) is 7. The molecule has 1 aliphatic heterocycles. The van der Waals surface area contributed by atoms with E-state index in [1.807, 2.05) is 72.1 Å². The molecule has 0 radical (unpaired) electrons. The van der Waals surface area contributed by atoms with E-state index in [0.717, 1.165) is 39.8 Å². The fourth-order valence-corrected chi connectivity index (χ4v) is 3.37. The molecule has 0 saturated heterocycles. The average molecular weight is 417 g/mol. The second-order valence-electron chi connectivity index (χ2n) is 7.41. The van der Waals surface area contributed by atoms with Gasteiger partial charge in [-0.3, -0.25) is 0 Å². The number of fused-ring (bicyclic) bond motifs is 2. The molecule has 2 aromatic carbocycles. The van der Waals surface area contributed by atoms with Gasteiger partial charge in [0.05, 0.1) is 5.69 Å². The van der Waals surface area contributed by atoms with Gasteiger partial charge in [0, 0.05) is 17.3 Å². The molecule has 1 aliphatic rings. The lowest BCUT2D eigenvalue weighted by atomic mass is 10.1. The summed E-state index contributed by atoms with van der Waals surface area (Å²) in [6.45, 7) is 3.50. The molecule has 0 aliphatic carbocycles. The molecule has 4 aromatic rings. The van der Waals surface area contributed by atoms with Gasteiger partial charge >= 0.3 is 0 Å². The molecule has 5 rings (SSSR count). The van der Waals surface area contributed by atoms with Gasteiger partial charge in [0.1, 0.15) is 25.6 Å². The Morgan fingerprint density at radius 1 is 1.06 bits per heavy atom. The van der Waals surface area contributed by atoms with Crippen molar-refractivity contribution >= 4 is 17.3 Å². The number of aromatic nitrogens is 3. The number of ether oxygens (including phenoxy) is 3. The fourth-order valence-electron chi connectivity index (χ4n) is 3.37. The fraction of sp³-hybridized carbons (Fsp3) is 0.217. The van der Waals surface area contributed by atoms with Crippen LogP contribution in [0.3, 0.4) is 0 Å². The zero-order valence-electron chi connectivity index (χ0n) is 17.1. The summed E-state index contributed by atoms with van der Waals surface area (Å²) < 4.78 is 18.8. The van der Waals surface area contributed by atoms with Gasteiger partial charge < -0.3 is 25.3 Å². The molecular formula is C23H23N5O3. The van der Waals surface area contributed by atoms with Crippen LogP contribution >= 0.6 is 0 Å². The van der Waals surface area contributed by atoms with Gasteiger partial charge in [-0.25, -0.2) is 4.52 Å². The molecule has 31 heavy (non-hydrogen) atoms. The summed E-state index contributed by atoms with van der Waals surface area (Å²) in [6.07, 6.45) is 0. The number of nitrogens with zero attached hydrogens (tertiary/aromatic N) is 3. The van der Waals surface area contributed by atoms with Crippen molar-refractivity contribution in [3.05, 3.63) is 60.7 Å². The van der Waals surface area contributed by atoms with Crippen molar-refractivity contribution in [2.75, 3.05) is 25.1 Å². The minimum Gasteiger partial charge on any atom is -0.492 e. The van der Waals surface area contributed by atoms with Crippen molar-refractivity contribution in [2.24, 2.45) is 5.73 Å². The first-order valence-electron chi connectivity index (χ1n) is 10.2. The highest BCUT2D eigenvalue weighted by Crippen LogP contribution is 2.34. The predicted molar refractivity (Wildman–Crippen MR) is 118 cm³/mol. The summed E-state index contributed by atoms with van der Waals surface area (Å²) in [7, 11) is 0. The summed E-state index contributed by atoms with van der Waals surface area (Å²) in [6, 6.07) is 19.4. The number of pyridine rings is 1. The molecule has 0 amide bonds. The monoisotopic (exact) mass is 417 g/mol.